The number of ether oxygens (including phenoxy) is 2. The zero-order valence-corrected chi connectivity index (χ0v) is 9.74. The molecule has 2 rings (SSSR count). The first-order valence-corrected chi connectivity index (χ1v) is 5.89. The van der Waals surface area contributed by atoms with Gasteiger partial charge in [-0.05, 0) is 31.6 Å². The molecule has 0 aromatic rings. The number of hydrogen-bond donors (Lipinski definition) is 1. The van der Waals surface area contributed by atoms with Crippen molar-refractivity contribution >= 4 is 0 Å². The van der Waals surface area contributed by atoms with Gasteiger partial charge in [0, 0.05) is 20.3 Å². The minimum Gasteiger partial charge on any atom is -0.386 e. The maximum absolute atomic E-state index is 10.8. The fourth-order valence-electron chi connectivity index (χ4n) is 2.79. The van der Waals surface area contributed by atoms with Gasteiger partial charge in [-0.3, -0.25) is 0 Å². The molecule has 1 N–H and O–H groups in total. The van der Waals surface area contributed by atoms with E-state index in [1.807, 2.05) is 0 Å². The summed E-state index contributed by atoms with van der Waals surface area (Å²) >= 11 is 0. The summed E-state index contributed by atoms with van der Waals surface area (Å²) in [7, 11) is 1.58. The van der Waals surface area contributed by atoms with Gasteiger partial charge in [-0.25, -0.2) is 0 Å². The molecule has 1 heterocycles. The SMILES string of the molecule is COCC(O)(C1CC1)C1(C#N)CCOCC1. The Bertz CT molecular complexity index is 289. The Kier molecular flexibility index (Phi) is 3.20. The van der Waals surface area contributed by atoms with Crippen LogP contribution in [0.15, 0.2) is 0 Å². The third kappa shape index (κ3) is 1.73. The number of nitrogens with zero attached hydrogens (tertiary/aromatic N) is 1. The summed E-state index contributed by atoms with van der Waals surface area (Å²) in [5, 5.41) is 20.3. The second kappa shape index (κ2) is 4.33. The molecule has 0 bridgehead atoms. The van der Waals surface area contributed by atoms with Crippen LogP contribution in [0.4, 0.5) is 0 Å². The number of methoxy groups -OCH3 is 1. The Hall–Kier alpha value is -0.630. The van der Waals surface area contributed by atoms with Crippen LogP contribution in [0.2, 0.25) is 0 Å². The standard InChI is InChI=1S/C12H19NO3/c1-15-9-12(14,10-2-3-10)11(8-13)4-6-16-7-5-11/h10,14H,2-7,9H2,1H3. The molecule has 2 aliphatic rings. The highest BCUT2D eigenvalue weighted by Crippen LogP contribution is 2.52. The lowest BCUT2D eigenvalue weighted by Crippen LogP contribution is -2.55. The molecule has 2 fully saturated rings. The largest absolute Gasteiger partial charge is 0.386 e. The first-order chi connectivity index (χ1) is 7.68. The summed E-state index contributed by atoms with van der Waals surface area (Å²) in [6.45, 7) is 1.38. The van der Waals surface area contributed by atoms with Crippen LogP contribution in [0.5, 0.6) is 0 Å². The number of nitriles is 1. The molecule has 1 saturated heterocycles. The van der Waals surface area contributed by atoms with E-state index in [-0.39, 0.29) is 12.5 Å². The zero-order valence-electron chi connectivity index (χ0n) is 9.74. The van der Waals surface area contributed by atoms with Crippen molar-refractivity contribution < 1.29 is 14.6 Å². The predicted molar refractivity (Wildman–Crippen MR) is 57.6 cm³/mol. The van der Waals surface area contributed by atoms with Crippen LogP contribution in [-0.4, -0.2) is 37.6 Å². The average molecular weight is 225 g/mol. The van der Waals surface area contributed by atoms with Crippen LogP contribution in [0.25, 0.3) is 0 Å². The lowest BCUT2D eigenvalue weighted by atomic mass is 9.65. The molecule has 1 saturated carbocycles. The lowest BCUT2D eigenvalue weighted by Gasteiger charge is -2.44. The van der Waals surface area contributed by atoms with E-state index >= 15 is 0 Å². The third-order valence-electron chi connectivity index (χ3n) is 4.01. The quantitative estimate of drug-likeness (QED) is 0.778. The van der Waals surface area contributed by atoms with Crippen molar-refractivity contribution in [3.8, 4) is 6.07 Å². The minimum atomic E-state index is -0.986. The van der Waals surface area contributed by atoms with Crippen molar-refractivity contribution in [3.63, 3.8) is 0 Å². The van der Waals surface area contributed by atoms with E-state index in [9.17, 15) is 10.4 Å². The van der Waals surface area contributed by atoms with Gasteiger partial charge in [0.2, 0.25) is 0 Å². The van der Waals surface area contributed by atoms with Gasteiger partial charge in [-0.2, -0.15) is 5.26 Å². The maximum Gasteiger partial charge on any atom is 0.109 e. The molecule has 0 spiro atoms. The molecule has 1 aliphatic carbocycles. The number of aliphatic hydroxyl groups is 1. The van der Waals surface area contributed by atoms with Gasteiger partial charge in [0.1, 0.15) is 5.60 Å². The molecule has 4 nitrogen and oxygen atoms in total. The van der Waals surface area contributed by atoms with Crippen LogP contribution in [-0.2, 0) is 9.47 Å². The molecular weight excluding hydrogens is 206 g/mol. The third-order valence-corrected chi connectivity index (χ3v) is 4.01. The second-order valence-corrected chi connectivity index (χ2v) is 4.94. The van der Waals surface area contributed by atoms with E-state index in [1.165, 1.54) is 0 Å². The lowest BCUT2D eigenvalue weighted by molar-refractivity contribution is -0.148. The molecule has 1 atom stereocenters. The molecule has 1 unspecified atom stereocenters. The van der Waals surface area contributed by atoms with Crippen molar-refractivity contribution in [1.29, 1.82) is 5.26 Å². The van der Waals surface area contributed by atoms with Crippen LogP contribution < -0.4 is 0 Å². The summed E-state index contributed by atoms with van der Waals surface area (Å²) in [6, 6.07) is 2.35. The van der Waals surface area contributed by atoms with Gasteiger partial charge in [-0.15, -0.1) is 0 Å². The first kappa shape index (κ1) is 11.8. The molecule has 90 valence electrons. The van der Waals surface area contributed by atoms with Crippen molar-refractivity contribution in [2.24, 2.45) is 11.3 Å². The molecule has 4 heteroatoms. The number of rotatable bonds is 4. The fraction of sp³-hybridized carbons (Fsp3) is 0.917. The Balaban J connectivity index is 2.25. The molecule has 1 aliphatic heterocycles. The Morgan fingerprint density at radius 3 is 2.56 bits per heavy atom. The van der Waals surface area contributed by atoms with Gasteiger partial charge < -0.3 is 14.6 Å². The number of hydrogen-bond acceptors (Lipinski definition) is 4. The smallest absolute Gasteiger partial charge is 0.109 e. The first-order valence-electron chi connectivity index (χ1n) is 5.89. The summed E-state index contributed by atoms with van der Waals surface area (Å²) in [4.78, 5) is 0. The summed E-state index contributed by atoms with van der Waals surface area (Å²) in [6.07, 6.45) is 3.23. The normalized spacial score (nSPS) is 28.1. The molecule has 0 radical (unpaired) electrons. The van der Waals surface area contributed by atoms with Crippen molar-refractivity contribution in [2.75, 3.05) is 26.9 Å². The molecule has 16 heavy (non-hydrogen) atoms. The molecular formula is C12H19NO3. The van der Waals surface area contributed by atoms with Crippen LogP contribution in [0.1, 0.15) is 25.7 Å². The van der Waals surface area contributed by atoms with Crippen LogP contribution in [0, 0.1) is 22.7 Å². The van der Waals surface area contributed by atoms with Crippen molar-refractivity contribution in [2.45, 2.75) is 31.3 Å². The Labute approximate surface area is 96.2 Å². The van der Waals surface area contributed by atoms with E-state index in [0.29, 0.717) is 26.1 Å². The van der Waals surface area contributed by atoms with Gasteiger partial charge in [0.15, 0.2) is 0 Å². The zero-order chi connectivity index (χ0) is 11.6. The fourth-order valence-corrected chi connectivity index (χ4v) is 2.79. The summed E-state index contributed by atoms with van der Waals surface area (Å²) < 4.78 is 10.4. The summed E-state index contributed by atoms with van der Waals surface area (Å²) in [5.41, 5.74) is -1.66. The van der Waals surface area contributed by atoms with E-state index in [2.05, 4.69) is 6.07 Å². The van der Waals surface area contributed by atoms with E-state index in [4.69, 9.17) is 9.47 Å². The summed E-state index contributed by atoms with van der Waals surface area (Å²) in [5.74, 6) is 0.227. The van der Waals surface area contributed by atoms with Gasteiger partial charge in [0.05, 0.1) is 18.1 Å². The van der Waals surface area contributed by atoms with Crippen molar-refractivity contribution in [1.82, 2.24) is 0 Å². The Morgan fingerprint density at radius 2 is 2.12 bits per heavy atom. The van der Waals surface area contributed by atoms with Crippen LogP contribution in [0.3, 0.4) is 0 Å². The average Bonchev–Trinajstić information content (AvgIpc) is 3.14. The second-order valence-electron chi connectivity index (χ2n) is 4.94. The topological polar surface area (TPSA) is 62.5 Å². The maximum atomic E-state index is 10.8. The molecule has 0 amide bonds. The van der Waals surface area contributed by atoms with E-state index < -0.39 is 11.0 Å². The highest BCUT2D eigenvalue weighted by Gasteiger charge is 2.59. The van der Waals surface area contributed by atoms with Gasteiger partial charge in [-0.1, -0.05) is 0 Å². The predicted octanol–water partition coefficient (Wildman–Crippen LogP) is 1.09. The van der Waals surface area contributed by atoms with Gasteiger partial charge in [0.25, 0.3) is 0 Å². The highest BCUT2D eigenvalue weighted by atomic mass is 16.5. The van der Waals surface area contributed by atoms with Crippen molar-refractivity contribution in [3.05, 3.63) is 0 Å². The Morgan fingerprint density at radius 1 is 1.50 bits per heavy atom. The minimum absolute atomic E-state index is 0.227. The van der Waals surface area contributed by atoms with Crippen LogP contribution >= 0.6 is 0 Å². The highest BCUT2D eigenvalue weighted by molar-refractivity contribution is 5.17. The monoisotopic (exact) mass is 225 g/mol. The molecule has 0 aromatic carbocycles. The van der Waals surface area contributed by atoms with E-state index in [1.54, 1.807) is 7.11 Å². The van der Waals surface area contributed by atoms with E-state index in [0.717, 1.165) is 12.8 Å². The molecule has 0 aromatic heterocycles. The van der Waals surface area contributed by atoms with Gasteiger partial charge >= 0.3 is 0 Å².